The molecular weight excluding hydrogens is 204 g/mol. The summed E-state index contributed by atoms with van der Waals surface area (Å²) in [5, 5.41) is 7.42. The minimum Gasteiger partial charge on any atom is -0.498 e. The third-order valence-corrected chi connectivity index (χ3v) is 2.99. The predicted molar refractivity (Wildman–Crippen MR) is 63.1 cm³/mol. The van der Waals surface area contributed by atoms with E-state index in [1.165, 1.54) is 0 Å². The van der Waals surface area contributed by atoms with Crippen LogP contribution >= 0.6 is 0 Å². The highest BCUT2D eigenvalue weighted by Gasteiger charge is 2.28. The summed E-state index contributed by atoms with van der Waals surface area (Å²) in [6, 6.07) is 1.95. The molecule has 90 valence electrons. The number of piperidine rings is 1. The SMILES string of the molecule is C=C(C)OCC1CNCCC1c1ccon1.[HH]. The Morgan fingerprint density at radius 3 is 3.38 bits per heavy atom. The lowest BCUT2D eigenvalue weighted by Gasteiger charge is -2.30. The fourth-order valence-electron chi connectivity index (χ4n) is 2.15. The Labute approximate surface area is 97.1 Å². The molecule has 2 unspecified atom stereocenters. The standard InChI is InChI=1S/C12H18N2O2.H2/c1-9(2)15-8-10-7-13-5-3-11(10)12-4-6-16-14-12;/h4,6,10-11,13H,1,3,5,7-8H2,2H3;1H. The van der Waals surface area contributed by atoms with Gasteiger partial charge < -0.3 is 14.6 Å². The number of rotatable bonds is 4. The molecule has 1 aliphatic rings. The minimum atomic E-state index is 0. The number of aromatic nitrogens is 1. The van der Waals surface area contributed by atoms with Crippen molar-refractivity contribution in [3.05, 3.63) is 30.4 Å². The van der Waals surface area contributed by atoms with Gasteiger partial charge in [-0.15, -0.1) is 0 Å². The maximum absolute atomic E-state index is 5.52. The van der Waals surface area contributed by atoms with E-state index in [-0.39, 0.29) is 1.43 Å². The van der Waals surface area contributed by atoms with Crippen LogP contribution in [0.4, 0.5) is 0 Å². The molecule has 0 saturated carbocycles. The molecule has 2 heterocycles. The van der Waals surface area contributed by atoms with Crippen LogP contribution in [-0.2, 0) is 4.74 Å². The van der Waals surface area contributed by atoms with Gasteiger partial charge in [0.15, 0.2) is 0 Å². The van der Waals surface area contributed by atoms with Gasteiger partial charge in [0.1, 0.15) is 6.26 Å². The van der Waals surface area contributed by atoms with Crippen LogP contribution in [0.2, 0.25) is 0 Å². The molecule has 2 rings (SSSR count). The van der Waals surface area contributed by atoms with Crippen molar-refractivity contribution < 1.29 is 10.7 Å². The van der Waals surface area contributed by atoms with Gasteiger partial charge in [0, 0.05) is 25.9 Å². The molecule has 1 aromatic rings. The van der Waals surface area contributed by atoms with Gasteiger partial charge in [0.05, 0.1) is 18.1 Å². The Morgan fingerprint density at radius 1 is 1.81 bits per heavy atom. The van der Waals surface area contributed by atoms with Crippen LogP contribution in [0.5, 0.6) is 0 Å². The lowest BCUT2D eigenvalue weighted by atomic mass is 9.84. The van der Waals surface area contributed by atoms with Gasteiger partial charge in [0.2, 0.25) is 0 Å². The normalized spacial score (nSPS) is 25.3. The molecule has 4 heteroatoms. The lowest BCUT2D eigenvalue weighted by molar-refractivity contribution is 0.135. The Balaban J connectivity index is 0.00000144. The summed E-state index contributed by atoms with van der Waals surface area (Å²) < 4.78 is 10.4. The van der Waals surface area contributed by atoms with Crippen molar-refractivity contribution in [2.24, 2.45) is 5.92 Å². The van der Waals surface area contributed by atoms with Crippen molar-refractivity contribution in [2.75, 3.05) is 19.7 Å². The second-order valence-electron chi connectivity index (χ2n) is 4.30. The van der Waals surface area contributed by atoms with Gasteiger partial charge in [0.25, 0.3) is 0 Å². The zero-order valence-electron chi connectivity index (χ0n) is 9.61. The van der Waals surface area contributed by atoms with Gasteiger partial charge in [-0.1, -0.05) is 11.7 Å². The second-order valence-corrected chi connectivity index (χ2v) is 4.30. The van der Waals surface area contributed by atoms with Crippen LogP contribution in [0.25, 0.3) is 0 Å². The van der Waals surface area contributed by atoms with Crippen molar-refractivity contribution in [3.63, 3.8) is 0 Å². The maximum Gasteiger partial charge on any atom is 0.124 e. The topological polar surface area (TPSA) is 47.3 Å². The number of hydrogen-bond acceptors (Lipinski definition) is 4. The zero-order valence-corrected chi connectivity index (χ0v) is 9.61. The number of hydrogen-bond donors (Lipinski definition) is 1. The highest BCUT2D eigenvalue weighted by molar-refractivity contribution is 5.08. The molecule has 0 amide bonds. The third-order valence-electron chi connectivity index (χ3n) is 2.99. The molecule has 0 aromatic carbocycles. The van der Waals surface area contributed by atoms with Crippen LogP contribution in [0, 0.1) is 5.92 Å². The molecule has 1 fully saturated rings. The van der Waals surface area contributed by atoms with Crippen LogP contribution in [0.3, 0.4) is 0 Å². The van der Waals surface area contributed by atoms with Gasteiger partial charge in [-0.05, 0) is 19.9 Å². The number of allylic oxidation sites excluding steroid dienone is 1. The lowest BCUT2D eigenvalue weighted by Crippen LogP contribution is -2.37. The summed E-state index contributed by atoms with van der Waals surface area (Å²) in [6.07, 6.45) is 2.71. The Morgan fingerprint density at radius 2 is 2.69 bits per heavy atom. The molecule has 2 atom stereocenters. The summed E-state index contributed by atoms with van der Waals surface area (Å²) in [7, 11) is 0. The summed E-state index contributed by atoms with van der Waals surface area (Å²) in [4.78, 5) is 0. The molecular formula is C12H20N2O2. The fourth-order valence-corrected chi connectivity index (χ4v) is 2.15. The smallest absolute Gasteiger partial charge is 0.124 e. The van der Waals surface area contributed by atoms with Crippen molar-refractivity contribution in [3.8, 4) is 0 Å². The summed E-state index contributed by atoms with van der Waals surface area (Å²) >= 11 is 0. The van der Waals surface area contributed by atoms with Crippen LogP contribution in [0.1, 0.15) is 26.4 Å². The second kappa shape index (κ2) is 5.16. The van der Waals surface area contributed by atoms with E-state index < -0.39 is 0 Å². The molecule has 16 heavy (non-hydrogen) atoms. The molecule has 1 aliphatic heterocycles. The van der Waals surface area contributed by atoms with E-state index in [0.29, 0.717) is 18.4 Å². The minimum absolute atomic E-state index is 0. The number of nitrogens with one attached hydrogen (secondary N) is 1. The predicted octanol–water partition coefficient (Wildman–Crippen LogP) is 2.16. The van der Waals surface area contributed by atoms with Crippen molar-refractivity contribution in [2.45, 2.75) is 19.3 Å². The van der Waals surface area contributed by atoms with Crippen LogP contribution in [-0.4, -0.2) is 24.9 Å². The van der Waals surface area contributed by atoms with E-state index in [1.807, 2.05) is 13.0 Å². The van der Waals surface area contributed by atoms with Crippen LogP contribution < -0.4 is 5.32 Å². The quantitative estimate of drug-likeness (QED) is 0.796. The van der Waals surface area contributed by atoms with Gasteiger partial charge >= 0.3 is 0 Å². The molecule has 0 radical (unpaired) electrons. The van der Waals surface area contributed by atoms with E-state index in [1.54, 1.807) is 6.26 Å². The average Bonchev–Trinajstić information content (AvgIpc) is 2.80. The highest BCUT2D eigenvalue weighted by atomic mass is 16.5. The molecule has 0 spiro atoms. The number of nitrogens with zero attached hydrogens (tertiary/aromatic N) is 1. The fraction of sp³-hybridized carbons (Fsp3) is 0.583. The Kier molecular flexibility index (Phi) is 3.62. The van der Waals surface area contributed by atoms with Gasteiger partial charge in [-0.25, -0.2) is 0 Å². The highest BCUT2D eigenvalue weighted by Crippen LogP contribution is 2.29. The maximum atomic E-state index is 5.52. The van der Waals surface area contributed by atoms with E-state index in [0.717, 1.165) is 31.0 Å². The van der Waals surface area contributed by atoms with Gasteiger partial charge in [-0.2, -0.15) is 0 Å². The van der Waals surface area contributed by atoms with Crippen molar-refractivity contribution in [1.29, 1.82) is 0 Å². The van der Waals surface area contributed by atoms with Gasteiger partial charge in [-0.3, -0.25) is 0 Å². The Bertz CT molecular complexity index is 340. The molecule has 1 aromatic heterocycles. The molecule has 4 nitrogen and oxygen atoms in total. The Hall–Kier alpha value is -1.29. The summed E-state index contributed by atoms with van der Waals surface area (Å²) in [6.45, 7) is 8.31. The molecule has 1 N–H and O–H groups in total. The molecule has 0 bridgehead atoms. The van der Waals surface area contributed by atoms with E-state index >= 15 is 0 Å². The number of ether oxygens (including phenoxy) is 1. The third kappa shape index (κ3) is 2.64. The van der Waals surface area contributed by atoms with Crippen molar-refractivity contribution >= 4 is 0 Å². The largest absolute Gasteiger partial charge is 0.498 e. The average molecular weight is 224 g/mol. The van der Waals surface area contributed by atoms with Crippen molar-refractivity contribution in [1.82, 2.24) is 10.5 Å². The molecule has 1 saturated heterocycles. The van der Waals surface area contributed by atoms with Crippen LogP contribution in [0.15, 0.2) is 29.2 Å². The summed E-state index contributed by atoms with van der Waals surface area (Å²) in [5.74, 6) is 1.64. The summed E-state index contributed by atoms with van der Waals surface area (Å²) in [5.41, 5.74) is 1.04. The first-order valence-electron chi connectivity index (χ1n) is 5.66. The molecule has 0 aliphatic carbocycles. The van der Waals surface area contributed by atoms with E-state index in [2.05, 4.69) is 17.1 Å². The first-order valence-corrected chi connectivity index (χ1v) is 5.66. The zero-order chi connectivity index (χ0) is 11.4. The monoisotopic (exact) mass is 224 g/mol. The first kappa shape index (κ1) is 11.2. The first-order chi connectivity index (χ1) is 7.77. The van der Waals surface area contributed by atoms with E-state index in [4.69, 9.17) is 9.26 Å². The van der Waals surface area contributed by atoms with E-state index in [9.17, 15) is 0 Å².